The average Bonchev–Trinajstić information content (AvgIpc) is 3.59. The Morgan fingerprint density at radius 2 is 1.83 bits per heavy atom. The standard InChI is InChI=1S/C32H42ClN3O8S3/c1-22-19-36(23(2)21-37)32(38)28-18-26(34-46(39,40)27-13-10-25(33)11-14-27)12-15-29(28)44-24(3)8-5-6-16-43-30(22)20-35(4)47(41,42)31-9-7-17-45-31/h7,9-15,17-18,22-24,30,34,37H,5-6,8,16,19-21H2,1-4H3/t22-,23-,24-,30+/m0/s1. The Bertz CT molecular complexity index is 1700. The number of halogens is 1. The van der Waals surface area contributed by atoms with Crippen LogP contribution in [0.4, 0.5) is 5.69 Å². The third-order valence-electron chi connectivity index (χ3n) is 8.02. The third kappa shape index (κ3) is 9.46. The van der Waals surface area contributed by atoms with Gasteiger partial charge in [-0.15, -0.1) is 11.3 Å². The number of benzene rings is 2. The highest BCUT2D eigenvalue weighted by molar-refractivity contribution is 7.92. The van der Waals surface area contributed by atoms with E-state index in [9.17, 15) is 26.7 Å². The summed E-state index contributed by atoms with van der Waals surface area (Å²) in [6.45, 7) is 5.70. The van der Waals surface area contributed by atoms with Crippen LogP contribution >= 0.6 is 22.9 Å². The number of ether oxygens (including phenoxy) is 2. The van der Waals surface area contributed by atoms with Crippen molar-refractivity contribution < 1.29 is 36.2 Å². The van der Waals surface area contributed by atoms with E-state index >= 15 is 0 Å². The van der Waals surface area contributed by atoms with Crippen LogP contribution in [0.2, 0.25) is 5.02 Å². The van der Waals surface area contributed by atoms with Gasteiger partial charge in [-0.25, -0.2) is 16.8 Å². The maximum absolute atomic E-state index is 14.3. The van der Waals surface area contributed by atoms with Crippen molar-refractivity contribution in [1.29, 1.82) is 0 Å². The number of nitrogens with one attached hydrogen (secondary N) is 1. The predicted octanol–water partition coefficient (Wildman–Crippen LogP) is 5.32. The number of nitrogens with zero attached hydrogens (tertiary/aromatic N) is 2. The molecule has 1 aliphatic heterocycles. The van der Waals surface area contributed by atoms with Crippen molar-refractivity contribution in [2.75, 3.05) is 38.1 Å². The zero-order valence-electron chi connectivity index (χ0n) is 26.8. The fourth-order valence-electron chi connectivity index (χ4n) is 5.19. The summed E-state index contributed by atoms with van der Waals surface area (Å²) < 4.78 is 69.3. The lowest BCUT2D eigenvalue weighted by Crippen LogP contribution is -2.48. The minimum atomic E-state index is -4.01. The van der Waals surface area contributed by atoms with Gasteiger partial charge in [0.05, 0.1) is 35.3 Å². The monoisotopic (exact) mass is 727 g/mol. The van der Waals surface area contributed by atoms with Crippen molar-refractivity contribution >= 4 is 54.6 Å². The first-order valence-electron chi connectivity index (χ1n) is 15.3. The SMILES string of the molecule is C[C@H]1CCCCO[C@H](CN(C)S(=O)(=O)c2cccs2)[C@@H](C)CN([C@@H](C)CO)C(=O)c2cc(NS(=O)(=O)c3ccc(Cl)cc3)ccc2O1. The second kappa shape index (κ2) is 16.1. The first-order valence-corrected chi connectivity index (χ1v) is 19.5. The molecule has 1 amide bonds. The maximum atomic E-state index is 14.3. The molecule has 47 heavy (non-hydrogen) atoms. The molecule has 2 heterocycles. The van der Waals surface area contributed by atoms with Crippen molar-refractivity contribution in [2.45, 2.75) is 67.4 Å². The first kappa shape index (κ1) is 37.1. The van der Waals surface area contributed by atoms with Crippen LogP contribution in [0.3, 0.4) is 0 Å². The van der Waals surface area contributed by atoms with Crippen LogP contribution in [0.25, 0.3) is 0 Å². The predicted molar refractivity (Wildman–Crippen MR) is 183 cm³/mol. The highest BCUT2D eigenvalue weighted by Gasteiger charge is 2.33. The van der Waals surface area contributed by atoms with Gasteiger partial charge in [-0.2, -0.15) is 4.31 Å². The highest BCUT2D eigenvalue weighted by Crippen LogP contribution is 2.30. The van der Waals surface area contributed by atoms with E-state index < -0.39 is 38.1 Å². The second-order valence-corrected chi connectivity index (χ2v) is 17.1. The van der Waals surface area contributed by atoms with Gasteiger partial charge in [-0.05, 0) is 87.0 Å². The fourth-order valence-corrected chi connectivity index (χ4v) is 8.75. The van der Waals surface area contributed by atoms with Crippen LogP contribution in [-0.4, -0.2) is 88.7 Å². The molecular formula is C32H42ClN3O8S3. The molecule has 1 aliphatic rings. The zero-order chi connectivity index (χ0) is 34.4. The number of hydrogen-bond donors (Lipinski definition) is 2. The van der Waals surface area contributed by atoms with Crippen molar-refractivity contribution in [2.24, 2.45) is 5.92 Å². The molecular weight excluding hydrogens is 686 g/mol. The molecule has 4 atom stereocenters. The van der Waals surface area contributed by atoms with Crippen molar-refractivity contribution in [3.05, 3.63) is 70.6 Å². The average molecular weight is 728 g/mol. The van der Waals surface area contributed by atoms with Crippen LogP contribution < -0.4 is 9.46 Å². The summed E-state index contributed by atoms with van der Waals surface area (Å²) >= 11 is 7.07. The summed E-state index contributed by atoms with van der Waals surface area (Å²) in [6, 6.07) is 12.8. The van der Waals surface area contributed by atoms with E-state index in [1.54, 1.807) is 30.5 Å². The van der Waals surface area contributed by atoms with Crippen molar-refractivity contribution in [3.63, 3.8) is 0 Å². The number of aliphatic hydroxyl groups excluding tert-OH is 1. The van der Waals surface area contributed by atoms with Gasteiger partial charge in [0, 0.05) is 43.4 Å². The van der Waals surface area contributed by atoms with Gasteiger partial charge in [-0.1, -0.05) is 24.6 Å². The molecule has 0 radical (unpaired) electrons. The van der Waals surface area contributed by atoms with Gasteiger partial charge < -0.3 is 19.5 Å². The minimum absolute atomic E-state index is 0.000335. The van der Waals surface area contributed by atoms with Crippen LogP contribution in [0.5, 0.6) is 5.75 Å². The van der Waals surface area contributed by atoms with Crippen molar-refractivity contribution in [3.8, 4) is 5.75 Å². The lowest BCUT2D eigenvalue weighted by molar-refractivity contribution is -0.00832. The number of carbonyl (C=O) groups is 1. The van der Waals surface area contributed by atoms with E-state index in [0.29, 0.717) is 24.5 Å². The molecule has 0 fully saturated rings. The fraction of sp³-hybridized carbons (Fsp3) is 0.469. The molecule has 2 aromatic carbocycles. The number of anilines is 1. The molecule has 0 aliphatic carbocycles. The van der Waals surface area contributed by atoms with Gasteiger partial charge in [0.25, 0.3) is 26.0 Å². The number of carbonyl (C=O) groups excluding carboxylic acids is 1. The van der Waals surface area contributed by atoms with E-state index in [0.717, 1.165) is 17.8 Å². The molecule has 3 aromatic rings. The Balaban J connectivity index is 1.68. The molecule has 15 heteroatoms. The first-order chi connectivity index (χ1) is 22.2. The molecule has 11 nitrogen and oxygen atoms in total. The van der Waals surface area contributed by atoms with E-state index in [4.69, 9.17) is 21.1 Å². The number of aliphatic hydroxyl groups is 1. The molecule has 0 unspecified atom stereocenters. The van der Waals surface area contributed by atoms with E-state index in [1.165, 1.54) is 52.7 Å². The Labute approximate surface area is 286 Å². The van der Waals surface area contributed by atoms with E-state index in [2.05, 4.69) is 4.72 Å². The number of fused-ring (bicyclic) bond motifs is 1. The van der Waals surface area contributed by atoms with Gasteiger partial charge in [0.15, 0.2) is 0 Å². The Morgan fingerprint density at radius 3 is 2.49 bits per heavy atom. The molecule has 1 aromatic heterocycles. The third-order valence-corrected chi connectivity index (χ3v) is 12.9. The lowest BCUT2D eigenvalue weighted by Gasteiger charge is -2.35. The summed E-state index contributed by atoms with van der Waals surface area (Å²) in [5.74, 6) is -0.554. The van der Waals surface area contributed by atoms with E-state index in [1.807, 2.05) is 13.8 Å². The van der Waals surface area contributed by atoms with Gasteiger partial charge >= 0.3 is 0 Å². The molecule has 0 spiro atoms. The molecule has 0 bridgehead atoms. The number of likely N-dealkylation sites (N-methyl/N-ethyl adjacent to an activating group) is 1. The van der Waals surface area contributed by atoms with Crippen LogP contribution in [0, 0.1) is 5.92 Å². The molecule has 0 saturated heterocycles. The smallest absolute Gasteiger partial charge is 0.261 e. The maximum Gasteiger partial charge on any atom is 0.261 e. The summed E-state index contributed by atoms with van der Waals surface area (Å²) in [4.78, 5) is 15.8. The second-order valence-electron chi connectivity index (χ2n) is 11.8. The largest absolute Gasteiger partial charge is 0.490 e. The number of hydrogen-bond acceptors (Lipinski definition) is 9. The summed E-state index contributed by atoms with van der Waals surface area (Å²) in [6.07, 6.45) is 1.30. The number of thiophene rings is 1. The summed E-state index contributed by atoms with van der Waals surface area (Å²) in [5, 5.41) is 12.3. The number of rotatable bonds is 9. The molecule has 2 N–H and O–H groups in total. The minimum Gasteiger partial charge on any atom is -0.490 e. The lowest BCUT2D eigenvalue weighted by atomic mass is 10.0. The van der Waals surface area contributed by atoms with Gasteiger partial charge in [0.1, 0.15) is 9.96 Å². The zero-order valence-corrected chi connectivity index (χ0v) is 30.0. The number of sulfonamides is 2. The Kier molecular flexibility index (Phi) is 12.7. The Hall–Kier alpha value is -2.72. The normalized spacial score (nSPS) is 21.0. The molecule has 258 valence electrons. The van der Waals surface area contributed by atoms with Crippen molar-refractivity contribution in [1.82, 2.24) is 9.21 Å². The summed E-state index contributed by atoms with van der Waals surface area (Å²) in [5.41, 5.74) is 0.267. The molecule has 4 rings (SSSR count). The topological polar surface area (TPSA) is 143 Å². The molecule has 0 saturated carbocycles. The van der Waals surface area contributed by atoms with Crippen LogP contribution in [0.1, 0.15) is 50.4 Å². The van der Waals surface area contributed by atoms with Crippen LogP contribution in [-0.2, 0) is 24.8 Å². The Morgan fingerprint density at radius 1 is 1.11 bits per heavy atom. The van der Waals surface area contributed by atoms with Gasteiger partial charge in [0.2, 0.25) is 0 Å². The van der Waals surface area contributed by atoms with E-state index in [-0.39, 0.29) is 57.8 Å². The number of amides is 1. The summed E-state index contributed by atoms with van der Waals surface area (Å²) in [7, 11) is -6.24. The quantitative estimate of drug-likeness (QED) is 0.302. The van der Waals surface area contributed by atoms with Gasteiger partial charge in [-0.3, -0.25) is 9.52 Å². The van der Waals surface area contributed by atoms with Crippen LogP contribution in [0.15, 0.2) is 69.1 Å². The highest BCUT2D eigenvalue weighted by atomic mass is 35.5.